The second kappa shape index (κ2) is 6.16. The van der Waals surface area contributed by atoms with Crippen LogP contribution in [0.4, 0.5) is 0 Å². The van der Waals surface area contributed by atoms with E-state index < -0.39 is 0 Å². The number of carbonyl (C=O) groups is 1. The molecule has 2 heterocycles. The molecule has 3 rings (SSSR count). The van der Waals surface area contributed by atoms with Crippen molar-refractivity contribution in [2.75, 3.05) is 11.6 Å². The summed E-state index contributed by atoms with van der Waals surface area (Å²) in [5, 5.41) is 8.15. The molecule has 0 atom stereocenters. The second-order valence-corrected chi connectivity index (χ2v) is 6.77. The molecule has 0 amide bonds. The van der Waals surface area contributed by atoms with Crippen LogP contribution in [-0.4, -0.2) is 31.0 Å². The highest BCUT2D eigenvalue weighted by Crippen LogP contribution is 2.33. The Bertz CT molecular complexity index is 684. The number of hydrogen-bond acceptors (Lipinski definition) is 5. The highest BCUT2D eigenvalue weighted by molar-refractivity contribution is 7.99. The predicted octanol–water partition coefficient (Wildman–Crippen LogP) is 2.50. The number of carbonyl (C=O) groups excluding carboxylic acids is 1. The van der Waals surface area contributed by atoms with E-state index in [0.29, 0.717) is 17.0 Å². The lowest BCUT2D eigenvalue weighted by molar-refractivity contribution is 0.102. The Morgan fingerprint density at radius 1 is 1.41 bits per heavy atom. The molecule has 2 N–H and O–H groups in total. The smallest absolute Gasteiger partial charge is 0.209 e. The Kier molecular flexibility index (Phi) is 4.24. The highest BCUT2D eigenvalue weighted by Gasteiger charge is 2.23. The van der Waals surface area contributed by atoms with Crippen molar-refractivity contribution < 1.29 is 4.79 Å². The summed E-state index contributed by atoms with van der Waals surface area (Å²) in [5.41, 5.74) is 3.09. The molecule has 1 aliphatic carbocycles. The average Bonchev–Trinajstić information content (AvgIpc) is 3.18. The van der Waals surface area contributed by atoms with E-state index in [1.165, 1.54) is 54.1 Å². The molecule has 0 aromatic carbocycles. The maximum atomic E-state index is 12.5. The average molecular weight is 319 g/mol. The van der Waals surface area contributed by atoms with Crippen LogP contribution in [-0.2, 0) is 0 Å². The van der Waals surface area contributed by atoms with Gasteiger partial charge in [-0.1, -0.05) is 24.6 Å². The summed E-state index contributed by atoms with van der Waals surface area (Å²) in [6, 6.07) is 2.57. The molecule has 1 saturated carbocycles. The highest BCUT2D eigenvalue weighted by atomic mass is 32.2. The Morgan fingerprint density at radius 2 is 2.14 bits per heavy atom. The Hall–Kier alpha value is -1.76. The van der Waals surface area contributed by atoms with Gasteiger partial charge >= 0.3 is 0 Å². The molecule has 118 valence electrons. The van der Waals surface area contributed by atoms with Crippen LogP contribution in [0.25, 0.3) is 0 Å². The van der Waals surface area contributed by atoms with Crippen LogP contribution in [0.15, 0.2) is 17.6 Å². The third-order valence-corrected chi connectivity index (χ3v) is 5.30. The number of aryl methyl sites for hydroxylation is 1. The number of nitrogens with two attached hydrogens (primary N) is 1. The van der Waals surface area contributed by atoms with Gasteiger partial charge in [-0.3, -0.25) is 4.79 Å². The van der Waals surface area contributed by atoms with Crippen molar-refractivity contribution in [1.82, 2.24) is 19.4 Å². The number of nitrogens with zero attached hydrogens (tertiary/aromatic N) is 4. The maximum Gasteiger partial charge on any atom is 0.209 e. The van der Waals surface area contributed by atoms with Crippen molar-refractivity contribution in [3.63, 3.8) is 0 Å². The first-order chi connectivity index (χ1) is 10.6. The summed E-state index contributed by atoms with van der Waals surface area (Å²) in [6.45, 7) is 4.14. The minimum atomic E-state index is 0.116. The minimum absolute atomic E-state index is 0.116. The number of ketones is 1. The molecule has 22 heavy (non-hydrogen) atoms. The van der Waals surface area contributed by atoms with Crippen LogP contribution in [0.5, 0.6) is 0 Å². The van der Waals surface area contributed by atoms with E-state index in [-0.39, 0.29) is 5.78 Å². The number of thioether (sulfide) groups is 1. The standard InChI is InChI=1S/C15H21N5OS/c1-10-7-13(11(2)20(10)12-5-3-4-6-12)14(21)8-22-15-18-17-9-19(15)16/h7,9,12H,3-6,8,16H2,1-2H3. The third-order valence-electron chi connectivity index (χ3n) is 4.35. The first kappa shape index (κ1) is 15.1. The van der Waals surface area contributed by atoms with Crippen molar-refractivity contribution in [1.29, 1.82) is 0 Å². The summed E-state index contributed by atoms with van der Waals surface area (Å²) in [6.07, 6.45) is 6.43. The van der Waals surface area contributed by atoms with Crippen molar-refractivity contribution in [3.05, 3.63) is 29.3 Å². The fourth-order valence-electron chi connectivity index (χ4n) is 3.33. The van der Waals surface area contributed by atoms with Crippen LogP contribution in [0.1, 0.15) is 53.5 Å². The maximum absolute atomic E-state index is 12.5. The van der Waals surface area contributed by atoms with Crippen molar-refractivity contribution in [2.45, 2.75) is 50.7 Å². The van der Waals surface area contributed by atoms with E-state index in [0.717, 1.165) is 11.3 Å². The molecule has 1 fully saturated rings. The van der Waals surface area contributed by atoms with Gasteiger partial charge in [0.15, 0.2) is 5.78 Å². The van der Waals surface area contributed by atoms with Crippen molar-refractivity contribution >= 4 is 17.5 Å². The number of aromatic nitrogens is 4. The lowest BCUT2D eigenvalue weighted by atomic mass is 10.2. The molecule has 0 aliphatic heterocycles. The van der Waals surface area contributed by atoms with Crippen LogP contribution in [0, 0.1) is 13.8 Å². The molecule has 7 heteroatoms. The van der Waals surface area contributed by atoms with Crippen LogP contribution in [0.2, 0.25) is 0 Å². The van der Waals surface area contributed by atoms with Gasteiger partial charge in [-0.25, -0.2) is 4.68 Å². The summed E-state index contributed by atoms with van der Waals surface area (Å²) in [7, 11) is 0. The monoisotopic (exact) mass is 319 g/mol. The van der Waals surface area contributed by atoms with Gasteiger partial charge in [-0.15, -0.1) is 10.2 Å². The molecule has 2 aromatic rings. The number of hydrogen-bond donors (Lipinski definition) is 1. The van der Waals surface area contributed by atoms with E-state index in [1.54, 1.807) is 0 Å². The first-order valence-electron chi connectivity index (χ1n) is 7.57. The number of nitrogen functional groups attached to an aromatic ring is 1. The van der Waals surface area contributed by atoms with E-state index in [9.17, 15) is 4.79 Å². The summed E-state index contributed by atoms with van der Waals surface area (Å²) in [4.78, 5) is 12.5. The Morgan fingerprint density at radius 3 is 2.77 bits per heavy atom. The zero-order chi connectivity index (χ0) is 15.7. The zero-order valence-electron chi connectivity index (χ0n) is 13.0. The molecule has 0 unspecified atom stereocenters. The van der Waals surface area contributed by atoms with E-state index in [4.69, 9.17) is 5.84 Å². The SMILES string of the molecule is Cc1cc(C(=O)CSc2nncn2N)c(C)n1C1CCCC1. The predicted molar refractivity (Wildman–Crippen MR) is 86.6 cm³/mol. The second-order valence-electron chi connectivity index (χ2n) is 5.83. The van der Waals surface area contributed by atoms with Crippen LogP contribution < -0.4 is 5.84 Å². The zero-order valence-corrected chi connectivity index (χ0v) is 13.8. The molecule has 0 saturated heterocycles. The molecule has 0 spiro atoms. The van der Waals surface area contributed by atoms with E-state index >= 15 is 0 Å². The van der Waals surface area contributed by atoms with Crippen molar-refractivity contribution in [2.24, 2.45) is 0 Å². The molecule has 2 aromatic heterocycles. The lowest BCUT2D eigenvalue weighted by Crippen LogP contribution is -2.11. The molecule has 0 bridgehead atoms. The fourth-order valence-corrected chi connectivity index (χ4v) is 4.04. The van der Waals surface area contributed by atoms with Gasteiger partial charge in [0.2, 0.25) is 5.16 Å². The molecule has 1 aliphatic rings. The quantitative estimate of drug-likeness (QED) is 0.520. The van der Waals surface area contributed by atoms with Gasteiger partial charge in [0.05, 0.1) is 5.75 Å². The topological polar surface area (TPSA) is 78.7 Å². The number of Topliss-reactive ketones (excluding diaryl/α,β-unsaturated/α-hetero) is 1. The summed E-state index contributed by atoms with van der Waals surface area (Å²) >= 11 is 1.32. The Balaban J connectivity index is 1.75. The summed E-state index contributed by atoms with van der Waals surface area (Å²) < 4.78 is 3.68. The van der Waals surface area contributed by atoms with E-state index in [2.05, 4.69) is 28.6 Å². The normalized spacial score (nSPS) is 15.5. The third kappa shape index (κ3) is 2.77. The summed E-state index contributed by atoms with van der Waals surface area (Å²) in [5.74, 6) is 6.10. The van der Waals surface area contributed by atoms with Gasteiger partial charge in [-0.2, -0.15) is 0 Å². The number of rotatable bonds is 5. The van der Waals surface area contributed by atoms with Gasteiger partial charge in [-0.05, 0) is 32.8 Å². The molecule has 6 nitrogen and oxygen atoms in total. The Labute approximate surface area is 134 Å². The molecular weight excluding hydrogens is 298 g/mol. The fraction of sp³-hybridized carbons (Fsp3) is 0.533. The van der Waals surface area contributed by atoms with E-state index in [1.807, 2.05) is 6.07 Å². The van der Waals surface area contributed by atoms with Crippen LogP contribution >= 0.6 is 11.8 Å². The molecule has 0 radical (unpaired) electrons. The van der Waals surface area contributed by atoms with Gasteiger partial charge in [0.25, 0.3) is 0 Å². The largest absolute Gasteiger partial charge is 0.345 e. The van der Waals surface area contributed by atoms with Gasteiger partial charge in [0, 0.05) is 23.0 Å². The first-order valence-corrected chi connectivity index (χ1v) is 8.56. The molecular formula is C15H21N5OS. The minimum Gasteiger partial charge on any atom is -0.345 e. The van der Waals surface area contributed by atoms with Crippen molar-refractivity contribution in [3.8, 4) is 0 Å². The van der Waals surface area contributed by atoms with Gasteiger partial charge in [0.1, 0.15) is 6.33 Å². The van der Waals surface area contributed by atoms with Crippen LogP contribution in [0.3, 0.4) is 0 Å². The lowest BCUT2D eigenvalue weighted by Gasteiger charge is -2.17. The van der Waals surface area contributed by atoms with Gasteiger partial charge < -0.3 is 10.4 Å².